The van der Waals surface area contributed by atoms with Crippen molar-refractivity contribution in [3.05, 3.63) is 35.1 Å². The van der Waals surface area contributed by atoms with E-state index in [-0.39, 0.29) is 12.6 Å². The largest absolute Gasteiger partial charge is 0.329 e. The fourth-order valence-corrected chi connectivity index (χ4v) is 1.85. The number of likely N-dealkylation sites (N-methyl/N-ethyl adjacent to an activating group) is 1. The molecule has 0 heterocycles. The topological polar surface area (TPSA) is 29.3 Å². The van der Waals surface area contributed by atoms with Crippen molar-refractivity contribution in [2.75, 3.05) is 20.1 Å². The SMILES string of the molecule is CCCN(C)C(CN)c1cc(F)c(F)c(F)c1. The molecular formula is C12H17F3N2. The van der Waals surface area contributed by atoms with Crippen molar-refractivity contribution < 1.29 is 13.2 Å². The molecule has 0 aliphatic heterocycles. The first-order chi connectivity index (χ1) is 8.01. The Kier molecular flexibility index (Phi) is 4.96. The highest BCUT2D eigenvalue weighted by Gasteiger charge is 2.19. The maximum absolute atomic E-state index is 13.1. The van der Waals surface area contributed by atoms with E-state index >= 15 is 0 Å². The van der Waals surface area contributed by atoms with Gasteiger partial charge < -0.3 is 5.73 Å². The summed E-state index contributed by atoms with van der Waals surface area (Å²) in [6, 6.07) is 1.70. The molecule has 0 saturated carbocycles. The van der Waals surface area contributed by atoms with Gasteiger partial charge in [-0.25, -0.2) is 13.2 Å². The van der Waals surface area contributed by atoms with Crippen molar-refractivity contribution in [2.45, 2.75) is 19.4 Å². The summed E-state index contributed by atoms with van der Waals surface area (Å²) in [5.41, 5.74) is 5.95. The van der Waals surface area contributed by atoms with Crippen LogP contribution in [0, 0.1) is 17.5 Å². The predicted molar refractivity (Wildman–Crippen MR) is 61.0 cm³/mol. The molecule has 0 aliphatic rings. The molecule has 0 saturated heterocycles. The van der Waals surface area contributed by atoms with Crippen molar-refractivity contribution in [3.8, 4) is 0 Å². The second kappa shape index (κ2) is 6.02. The number of nitrogens with two attached hydrogens (primary N) is 1. The first-order valence-electron chi connectivity index (χ1n) is 5.56. The number of hydrogen-bond donors (Lipinski definition) is 1. The van der Waals surface area contributed by atoms with E-state index in [1.54, 1.807) is 0 Å². The summed E-state index contributed by atoms with van der Waals surface area (Å²) in [5, 5.41) is 0. The van der Waals surface area contributed by atoms with E-state index in [2.05, 4.69) is 0 Å². The fraction of sp³-hybridized carbons (Fsp3) is 0.500. The van der Waals surface area contributed by atoms with E-state index in [1.807, 2.05) is 18.9 Å². The molecule has 1 aromatic carbocycles. The molecule has 17 heavy (non-hydrogen) atoms. The maximum Gasteiger partial charge on any atom is 0.194 e. The first-order valence-corrected chi connectivity index (χ1v) is 5.56. The van der Waals surface area contributed by atoms with Gasteiger partial charge >= 0.3 is 0 Å². The van der Waals surface area contributed by atoms with Gasteiger partial charge in [-0.1, -0.05) is 6.92 Å². The zero-order valence-electron chi connectivity index (χ0n) is 10.0. The highest BCUT2D eigenvalue weighted by atomic mass is 19.2. The number of benzene rings is 1. The molecule has 1 atom stereocenters. The van der Waals surface area contributed by atoms with Crippen LogP contribution < -0.4 is 5.73 Å². The highest BCUT2D eigenvalue weighted by Crippen LogP contribution is 2.22. The summed E-state index contributed by atoms with van der Waals surface area (Å²) < 4.78 is 39.1. The van der Waals surface area contributed by atoms with Crippen LogP contribution in [0.5, 0.6) is 0 Å². The van der Waals surface area contributed by atoms with Crippen molar-refractivity contribution in [1.82, 2.24) is 4.90 Å². The summed E-state index contributed by atoms with van der Waals surface area (Å²) in [6.45, 7) is 2.97. The minimum atomic E-state index is -1.44. The van der Waals surface area contributed by atoms with Gasteiger partial charge in [0.1, 0.15) is 0 Å². The molecule has 0 fully saturated rings. The van der Waals surface area contributed by atoms with Gasteiger partial charge in [0.05, 0.1) is 0 Å². The Morgan fingerprint density at radius 1 is 1.24 bits per heavy atom. The van der Waals surface area contributed by atoms with Gasteiger partial charge in [-0.2, -0.15) is 0 Å². The van der Waals surface area contributed by atoms with Gasteiger partial charge in [-0.3, -0.25) is 4.90 Å². The minimum Gasteiger partial charge on any atom is -0.329 e. The lowest BCUT2D eigenvalue weighted by Gasteiger charge is -2.27. The van der Waals surface area contributed by atoms with Crippen molar-refractivity contribution >= 4 is 0 Å². The Balaban J connectivity index is 3.04. The van der Waals surface area contributed by atoms with Crippen LogP contribution in [0.25, 0.3) is 0 Å². The summed E-state index contributed by atoms with van der Waals surface area (Å²) in [4.78, 5) is 1.89. The molecule has 96 valence electrons. The molecule has 0 amide bonds. The molecule has 0 aromatic heterocycles. The van der Waals surface area contributed by atoms with Crippen LogP contribution in [-0.4, -0.2) is 25.0 Å². The highest BCUT2D eigenvalue weighted by molar-refractivity contribution is 5.23. The normalized spacial score (nSPS) is 13.1. The monoisotopic (exact) mass is 246 g/mol. The van der Waals surface area contributed by atoms with Gasteiger partial charge in [-0.15, -0.1) is 0 Å². The first kappa shape index (κ1) is 14.0. The standard InChI is InChI=1S/C12H17F3N2/c1-3-4-17(2)11(7-16)8-5-9(13)12(15)10(14)6-8/h5-6,11H,3-4,7,16H2,1-2H3. The molecule has 0 aliphatic carbocycles. The molecule has 1 rings (SSSR count). The van der Waals surface area contributed by atoms with E-state index in [4.69, 9.17) is 5.73 Å². The Morgan fingerprint density at radius 2 is 1.76 bits per heavy atom. The van der Waals surface area contributed by atoms with Gasteiger partial charge in [0, 0.05) is 12.6 Å². The van der Waals surface area contributed by atoms with E-state index in [1.165, 1.54) is 0 Å². The lowest BCUT2D eigenvalue weighted by atomic mass is 10.0. The van der Waals surface area contributed by atoms with Gasteiger partial charge in [0.2, 0.25) is 0 Å². The predicted octanol–water partition coefficient (Wildman–Crippen LogP) is 2.45. The van der Waals surface area contributed by atoms with Crippen LogP contribution in [0.4, 0.5) is 13.2 Å². The summed E-state index contributed by atoms with van der Waals surface area (Å²) in [6.07, 6.45) is 0.902. The van der Waals surface area contributed by atoms with E-state index in [0.29, 0.717) is 5.56 Å². The van der Waals surface area contributed by atoms with Gasteiger partial charge in [0.25, 0.3) is 0 Å². The third-order valence-corrected chi connectivity index (χ3v) is 2.72. The molecule has 5 heteroatoms. The van der Waals surface area contributed by atoms with Crippen molar-refractivity contribution in [2.24, 2.45) is 5.73 Å². The smallest absolute Gasteiger partial charge is 0.194 e. The van der Waals surface area contributed by atoms with E-state index in [9.17, 15) is 13.2 Å². The fourth-order valence-electron chi connectivity index (χ4n) is 1.85. The van der Waals surface area contributed by atoms with Crippen LogP contribution in [0.15, 0.2) is 12.1 Å². The van der Waals surface area contributed by atoms with Crippen LogP contribution in [0.1, 0.15) is 24.9 Å². The summed E-state index contributed by atoms with van der Waals surface area (Å²) >= 11 is 0. The molecule has 1 unspecified atom stereocenters. The minimum absolute atomic E-state index is 0.223. The van der Waals surface area contributed by atoms with Crippen LogP contribution in [0.2, 0.25) is 0 Å². The summed E-state index contributed by atoms with van der Waals surface area (Å²) in [5.74, 6) is -3.80. The quantitative estimate of drug-likeness (QED) is 0.809. The summed E-state index contributed by atoms with van der Waals surface area (Å²) in [7, 11) is 1.82. The molecule has 1 aromatic rings. The number of hydrogen-bond acceptors (Lipinski definition) is 2. The second-order valence-corrected chi connectivity index (χ2v) is 4.03. The van der Waals surface area contributed by atoms with Gasteiger partial charge in [0.15, 0.2) is 17.5 Å². The Labute approximate surface area is 99.2 Å². The van der Waals surface area contributed by atoms with E-state index < -0.39 is 17.5 Å². The van der Waals surface area contributed by atoms with Crippen LogP contribution in [-0.2, 0) is 0 Å². The Morgan fingerprint density at radius 3 is 2.18 bits per heavy atom. The lowest BCUT2D eigenvalue weighted by molar-refractivity contribution is 0.249. The Bertz CT molecular complexity index is 359. The maximum atomic E-state index is 13.1. The van der Waals surface area contributed by atoms with E-state index in [0.717, 1.165) is 25.1 Å². The molecule has 0 bridgehead atoms. The average molecular weight is 246 g/mol. The zero-order valence-corrected chi connectivity index (χ0v) is 10.0. The zero-order chi connectivity index (χ0) is 13.0. The molecule has 2 N–H and O–H groups in total. The van der Waals surface area contributed by atoms with Crippen LogP contribution >= 0.6 is 0 Å². The molecule has 0 spiro atoms. The number of halogens is 3. The number of nitrogens with zero attached hydrogens (tertiary/aromatic N) is 1. The van der Waals surface area contributed by atoms with Crippen molar-refractivity contribution in [3.63, 3.8) is 0 Å². The molecule has 2 nitrogen and oxygen atoms in total. The molecular weight excluding hydrogens is 229 g/mol. The lowest BCUT2D eigenvalue weighted by Crippen LogP contribution is -2.31. The van der Waals surface area contributed by atoms with Crippen molar-refractivity contribution in [1.29, 1.82) is 0 Å². The second-order valence-electron chi connectivity index (χ2n) is 4.03. The average Bonchev–Trinajstić information content (AvgIpc) is 2.27. The third kappa shape index (κ3) is 3.20. The van der Waals surface area contributed by atoms with Gasteiger partial charge in [-0.05, 0) is 37.7 Å². The Hall–Kier alpha value is -1.07. The third-order valence-electron chi connectivity index (χ3n) is 2.72. The molecule has 0 radical (unpaired) electrons. The number of rotatable bonds is 5. The van der Waals surface area contributed by atoms with Crippen LogP contribution in [0.3, 0.4) is 0 Å².